The number of rotatable bonds is 28. The van der Waals surface area contributed by atoms with Gasteiger partial charge in [-0.2, -0.15) is 0 Å². The lowest BCUT2D eigenvalue weighted by molar-refractivity contribution is -0.120. The molecule has 0 bridgehead atoms. The summed E-state index contributed by atoms with van der Waals surface area (Å²) in [5.41, 5.74) is 12.0. The number of unbranched alkanes of at least 4 members (excludes halogenated alkanes) is 1. The standard InChI is InChI=1S/C39H37N7O3S.C37H30N4O4S2.C30H19ClN4O4S/c1-3-5-10-26(4-2)39(47)43-34-24-30(27-11-7-6-8-12-27)19-20-33(34)38-45-36(29-17-15-28(16-18-29)35-25-41-21-22-42-35)44-37(46-38)31-13-9-14-32(23-31)50(40,48)49;1-25(42)27-13-10-14-28(23-27)35-38-36(31-17-8-9-18-34(31)46-30-15-6-3-7-16-30)40-37(39-35)32-24-29(43)19-20-33(32)41-47(44,45)22-21-26-11-4-2-5-12-26;1-40(38,39)35-25-13-7-5-11-22(25)30-33-28(32-29(34-30)21-10-4-6-12-24(21)31)17-14-15-20-23(16-17)27(37)19-9-3-2-8-18(19)26(20)36/h6-9,11-26H,3-5,10H2,1-2H3,(H,43,47)(H2,40,48,49);2-20,23-24,41,43H,21-22H2,1H3;2-16,35H,1H3. The topological polar surface area (TPSA) is 395 Å². The van der Waals surface area contributed by atoms with E-state index >= 15 is 0 Å². The summed E-state index contributed by atoms with van der Waals surface area (Å²) < 4.78 is 80.3. The zero-order valence-corrected chi connectivity index (χ0v) is 78.1. The van der Waals surface area contributed by atoms with E-state index in [2.05, 4.69) is 46.6 Å². The van der Waals surface area contributed by atoms with Crippen molar-refractivity contribution in [1.29, 1.82) is 0 Å². The fourth-order valence-corrected chi connectivity index (χ4v) is 18.6. The number of aromatic hydroxyl groups is 1. The Morgan fingerprint density at radius 1 is 0.431 bits per heavy atom. The van der Waals surface area contributed by atoms with Crippen molar-refractivity contribution in [2.75, 3.05) is 26.8 Å². The zero-order chi connectivity index (χ0) is 95.9. The van der Waals surface area contributed by atoms with Crippen molar-refractivity contribution in [3.8, 4) is 131 Å². The Hall–Kier alpha value is -15.7. The molecule has 1 aliphatic rings. The van der Waals surface area contributed by atoms with E-state index in [0.29, 0.717) is 102 Å². The number of ketones is 3. The number of para-hydroxylation sites is 1. The van der Waals surface area contributed by atoms with Gasteiger partial charge in [-0.15, -0.1) is 0 Å². The average molecular weight is 1910 g/mol. The van der Waals surface area contributed by atoms with Crippen LogP contribution in [0.2, 0.25) is 5.02 Å². The van der Waals surface area contributed by atoms with Crippen molar-refractivity contribution in [1.82, 2.24) is 54.8 Å². The van der Waals surface area contributed by atoms with Gasteiger partial charge < -0.3 is 10.4 Å². The summed E-state index contributed by atoms with van der Waals surface area (Å²) in [5, 5.41) is 19.6. The number of hydrogen-bond donors (Lipinski definition) is 5. The number of carbonyl (C=O) groups excluding carboxylic acids is 4. The number of sulfonamides is 3. The Labute approximate surface area is 800 Å². The van der Waals surface area contributed by atoms with E-state index < -0.39 is 30.1 Å². The molecule has 682 valence electrons. The monoisotopic (exact) mass is 1910 g/mol. The number of phenols is 1. The van der Waals surface area contributed by atoms with Crippen LogP contribution in [-0.4, -0.2) is 120 Å². The molecule has 137 heavy (non-hydrogen) atoms. The third-order valence-corrected chi connectivity index (χ3v) is 26.3. The summed E-state index contributed by atoms with van der Waals surface area (Å²) in [6, 6.07) is 93.2. The number of anilines is 3. The summed E-state index contributed by atoms with van der Waals surface area (Å²) in [6.07, 6.45) is 9.78. The zero-order valence-electron chi connectivity index (χ0n) is 74.1. The summed E-state index contributed by atoms with van der Waals surface area (Å²) in [4.78, 5) is 106. The number of hydrogen-bond acceptors (Lipinski definition) is 23. The molecule has 18 rings (SSSR count). The number of halogens is 1. The lowest BCUT2D eigenvalue weighted by atomic mass is 9.83. The molecule has 0 radical (unpaired) electrons. The predicted molar refractivity (Wildman–Crippen MR) is 535 cm³/mol. The Balaban J connectivity index is 0.000000150. The Morgan fingerprint density at radius 2 is 0.920 bits per heavy atom. The van der Waals surface area contributed by atoms with Gasteiger partial charge in [0.05, 0.1) is 50.9 Å². The van der Waals surface area contributed by atoms with Gasteiger partial charge in [-0.1, -0.05) is 262 Å². The molecular formula is C106H86ClN15O11S4. The summed E-state index contributed by atoms with van der Waals surface area (Å²) in [7, 11) is -11.4. The van der Waals surface area contributed by atoms with E-state index in [1.165, 1.54) is 37.3 Å². The molecule has 0 fully saturated rings. The third-order valence-electron chi connectivity index (χ3n) is 22.1. The number of nitrogens with two attached hydrogens (primary N) is 1. The van der Waals surface area contributed by atoms with Crippen molar-refractivity contribution in [3.05, 3.63) is 372 Å². The number of phenolic OH excluding ortho intramolecular Hbond substituents is 1. The number of fused-ring (bicyclic) bond motifs is 2. The first-order valence-electron chi connectivity index (χ1n) is 43.4. The highest BCUT2D eigenvalue weighted by molar-refractivity contribution is 7.99. The number of benzene rings is 13. The number of primary sulfonamides is 1. The van der Waals surface area contributed by atoms with Crippen molar-refractivity contribution in [3.63, 3.8) is 0 Å². The first-order chi connectivity index (χ1) is 66.2. The molecule has 17 aromatic rings. The minimum Gasteiger partial charge on any atom is -0.508 e. The van der Waals surface area contributed by atoms with Gasteiger partial charge in [0, 0.05) is 112 Å². The number of Topliss-reactive ketones (excluding diaryl/α,β-unsaturated/α-hetero) is 1. The van der Waals surface area contributed by atoms with Gasteiger partial charge in [-0.3, -0.25) is 38.6 Å². The van der Waals surface area contributed by atoms with Gasteiger partial charge in [0.2, 0.25) is 36.0 Å². The maximum absolute atomic E-state index is 13.7. The molecule has 1 unspecified atom stereocenters. The van der Waals surface area contributed by atoms with Crippen molar-refractivity contribution in [2.45, 2.75) is 67.6 Å². The first-order valence-corrected chi connectivity index (χ1v) is 49.7. The van der Waals surface area contributed by atoms with Crippen LogP contribution >= 0.6 is 23.4 Å². The van der Waals surface area contributed by atoms with E-state index in [-0.39, 0.29) is 103 Å². The molecule has 0 saturated heterocycles. The Kier molecular flexibility index (Phi) is 29.1. The van der Waals surface area contributed by atoms with Crippen LogP contribution < -0.4 is 19.9 Å². The second-order valence-electron chi connectivity index (χ2n) is 31.8. The molecule has 31 heteroatoms. The largest absolute Gasteiger partial charge is 0.508 e. The smallest absolute Gasteiger partial charge is 0.238 e. The molecule has 4 heterocycles. The highest BCUT2D eigenvalue weighted by Gasteiger charge is 2.32. The average Bonchev–Trinajstić information content (AvgIpc) is 0.749. The van der Waals surface area contributed by atoms with Crippen LogP contribution in [0.4, 0.5) is 17.1 Å². The van der Waals surface area contributed by atoms with Crippen molar-refractivity contribution in [2.24, 2.45) is 11.1 Å². The highest BCUT2D eigenvalue weighted by Crippen LogP contribution is 2.42. The van der Waals surface area contributed by atoms with E-state index in [4.69, 9.17) is 46.6 Å². The quantitative estimate of drug-likeness (QED) is 0.0225. The van der Waals surface area contributed by atoms with Gasteiger partial charge in [0.25, 0.3) is 0 Å². The second-order valence-corrected chi connectivity index (χ2v) is 38.5. The van der Waals surface area contributed by atoms with Crippen molar-refractivity contribution >= 4 is 93.8 Å². The van der Waals surface area contributed by atoms with E-state index in [1.807, 2.05) is 165 Å². The maximum Gasteiger partial charge on any atom is 0.238 e. The maximum atomic E-state index is 13.7. The molecule has 0 spiro atoms. The van der Waals surface area contributed by atoms with Gasteiger partial charge in [0.15, 0.2) is 69.8 Å². The summed E-state index contributed by atoms with van der Waals surface area (Å²) >= 11 is 8.04. The lowest BCUT2D eigenvalue weighted by Gasteiger charge is -2.18. The molecule has 4 aromatic heterocycles. The number of nitrogens with one attached hydrogen (secondary N) is 3. The molecule has 6 N–H and O–H groups in total. The molecule has 13 aromatic carbocycles. The van der Waals surface area contributed by atoms with Crippen LogP contribution in [-0.2, 0) is 41.3 Å². The Bertz CT molecular complexity index is 7800. The fourth-order valence-electron chi connectivity index (χ4n) is 15.2. The predicted octanol–water partition coefficient (Wildman–Crippen LogP) is 21.4. The third kappa shape index (κ3) is 23.2. The van der Waals surface area contributed by atoms with Crippen LogP contribution in [0.25, 0.3) is 125 Å². The molecule has 1 atom stereocenters. The molecule has 1 amide bonds. The molecule has 0 aliphatic heterocycles. The molecule has 0 saturated carbocycles. The molecule has 26 nitrogen and oxygen atoms in total. The summed E-state index contributed by atoms with van der Waals surface area (Å²) in [5.74, 6) is 1.29. The molecular weight excluding hydrogens is 1820 g/mol. The van der Waals surface area contributed by atoms with Gasteiger partial charge in [-0.05, 0) is 146 Å². The number of amides is 1. The number of aryl methyl sites for hydroxylation is 1. The van der Waals surface area contributed by atoms with Crippen LogP contribution in [0.15, 0.2) is 349 Å². The number of nitrogens with zero attached hydrogens (tertiary/aromatic N) is 11. The lowest BCUT2D eigenvalue weighted by Crippen LogP contribution is -2.22. The van der Waals surface area contributed by atoms with E-state index in [9.17, 15) is 49.5 Å². The van der Waals surface area contributed by atoms with Gasteiger partial charge >= 0.3 is 0 Å². The normalized spacial score (nSPS) is 11.9. The first kappa shape index (κ1) is 94.5. The number of aromatic nitrogens is 11. The second kappa shape index (κ2) is 42.3. The molecule has 1 aliphatic carbocycles. The van der Waals surface area contributed by atoms with Crippen LogP contribution in [0, 0.1) is 5.92 Å². The van der Waals surface area contributed by atoms with E-state index in [1.54, 1.807) is 158 Å². The van der Waals surface area contributed by atoms with Crippen LogP contribution in [0.3, 0.4) is 0 Å². The van der Waals surface area contributed by atoms with Gasteiger partial charge in [-0.25, -0.2) is 75.2 Å². The highest BCUT2D eigenvalue weighted by atomic mass is 35.5. The van der Waals surface area contributed by atoms with Crippen LogP contribution in [0.1, 0.15) is 94.2 Å². The number of carbonyl (C=O) groups is 4. The SMILES string of the molecule is CC(=O)c1cccc(-c2nc(-c3cc(O)ccc3NS(=O)(=O)CCc3ccccc3)nc(-c3ccccc3Sc3ccccc3)n2)c1.CCCCC(CC)C(=O)Nc1cc(-c2ccccc2)ccc1-c1nc(-c2ccc(-c3cnccn3)cc2)nc(-c2cccc(S(N)(=O)=O)c2)n1.CS(=O)(=O)Nc1ccccc1-c1nc(-c2ccc3c(c2)C(=O)c2ccccc2C3=O)nc(-c2ccccc2Cl)n1. The Morgan fingerprint density at radius 3 is 1.55 bits per heavy atom. The van der Waals surface area contributed by atoms with E-state index in [0.717, 1.165) is 68.8 Å². The fraction of sp³-hybridized carbons (Fsp3) is 0.104. The van der Waals surface area contributed by atoms with Crippen LogP contribution in [0.5, 0.6) is 5.75 Å². The summed E-state index contributed by atoms with van der Waals surface area (Å²) in [6.45, 7) is 5.63. The minimum atomic E-state index is -3.99. The van der Waals surface area contributed by atoms with Gasteiger partial charge in [0.1, 0.15) is 5.75 Å². The minimum absolute atomic E-state index is 0.0651. The van der Waals surface area contributed by atoms with Crippen molar-refractivity contribution < 1.29 is 49.5 Å².